The molecule has 25 heavy (non-hydrogen) atoms. The minimum atomic E-state index is -0.342. The summed E-state index contributed by atoms with van der Waals surface area (Å²) in [4.78, 5) is 11.9. The Morgan fingerprint density at radius 1 is 1.12 bits per heavy atom. The zero-order chi connectivity index (χ0) is 18.4. The molecule has 0 saturated heterocycles. The summed E-state index contributed by atoms with van der Waals surface area (Å²) >= 11 is 0. The number of nitriles is 1. The lowest BCUT2D eigenvalue weighted by molar-refractivity contribution is -0.123. The van der Waals surface area contributed by atoms with Gasteiger partial charge in [0.2, 0.25) is 0 Å². The van der Waals surface area contributed by atoms with Crippen LogP contribution in [0.15, 0.2) is 41.5 Å². The molecule has 0 bridgehead atoms. The van der Waals surface area contributed by atoms with E-state index in [9.17, 15) is 4.79 Å². The van der Waals surface area contributed by atoms with E-state index in [2.05, 4.69) is 36.5 Å². The SMILES string of the molecule is C/C(=N/NC(=O)COc1ccc(C#N)cc1)c1cc(C)c(C)cc1C. The van der Waals surface area contributed by atoms with Crippen molar-refractivity contribution in [1.82, 2.24) is 5.43 Å². The van der Waals surface area contributed by atoms with Gasteiger partial charge in [0.1, 0.15) is 5.75 Å². The second-order valence-electron chi connectivity index (χ2n) is 5.91. The first-order valence-electron chi connectivity index (χ1n) is 7.95. The van der Waals surface area contributed by atoms with Crippen LogP contribution in [0.2, 0.25) is 0 Å². The average molecular weight is 335 g/mol. The van der Waals surface area contributed by atoms with E-state index in [0.717, 1.165) is 16.8 Å². The van der Waals surface area contributed by atoms with E-state index in [-0.39, 0.29) is 12.5 Å². The number of nitrogens with one attached hydrogen (secondary N) is 1. The van der Waals surface area contributed by atoms with Crippen LogP contribution in [0.3, 0.4) is 0 Å². The number of benzene rings is 2. The van der Waals surface area contributed by atoms with Crippen LogP contribution in [0.25, 0.3) is 0 Å². The summed E-state index contributed by atoms with van der Waals surface area (Å²) in [6, 6.07) is 12.8. The molecule has 0 aliphatic heterocycles. The number of hydrogen-bond acceptors (Lipinski definition) is 4. The van der Waals surface area contributed by atoms with Crippen LogP contribution >= 0.6 is 0 Å². The van der Waals surface area contributed by atoms with Crippen molar-refractivity contribution in [3.05, 3.63) is 64.2 Å². The lowest BCUT2D eigenvalue weighted by atomic mass is 9.98. The molecule has 0 aliphatic carbocycles. The minimum absolute atomic E-state index is 0.144. The number of hydrazone groups is 1. The lowest BCUT2D eigenvalue weighted by Crippen LogP contribution is -2.25. The maximum Gasteiger partial charge on any atom is 0.277 e. The van der Waals surface area contributed by atoms with Crippen LogP contribution < -0.4 is 10.2 Å². The third kappa shape index (κ3) is 4.92. The maximum atomic E-state index is 11.9. The van der Waals surface area contributed by atoms with Crippen LogP contribution in [0, 0.1) is 32.1 Å². The normalized spacial score (nSPS) is 10.9. The summed E-state index contributed by atoms with van der Waals surface area (Å²) in [7, 11) is 0. The number of carbonyl (C=O) groups is 1. The van der Waals surface area contributed by atoms with Crippen molar-refractivity contribution in [3.8, 4) is 11.8 Å². The predicted octanol–water partition coefficient (Wildman–Crippen LogP) is 3.40. The summed E-state index contributed by atoms with van der Waals surface area (Å²) in [6.07, 6.45) is 0. The number of ether oxygens (including phenoxy) is 1. The van der Waals surface area contributed by atoms with Crippen LogP contribution in [0.1, 0.15) is 34.7 Å². The quantitative estimate of drug-likeness (QED) is 0.672. The highest BCUT2D eigenvalue weighted by molar-refractivity contribution is 6.00. The van der Waals surface area contributed by atoms with Crippen LogP contribution in [-0.4, -0.2) is 18.2 Å². The van der Waals surface area contributed by atoms with Crippen LogP contribution in [0.5, 0.6) is 5.75 Å². The van der Waals surface area contributed by atoms with Gasteiger partial charge in [-0.15, -0.1) is 0 Å². The fraction of sp³-hybridized carbons (Fsp3) is 0.250. The molecule has 5 nitrogen and oxygen atoms in total. The number of hydrogen-bond donors (Lipinski definition) is 1. The largest absolute Gasteiger partial charge is 0.484 e. The fourth-order valence-electron chi connectivity index (χ4n) is 2.36. The Morgan fingerprint density at radius 2 is 1.76 bits per heavy atom. The highest BCUT2D eigenvalue weighted by Gasteiger charge is 2.07. The number of nitrogens with zero attached hydrogens (tertiary/aromatic N) is 2. The fourth-order valence-corrected chi connectivity index (χ4v) is 2.36. The zero-order valence-corrected chi connectivity index (χ0v) is 14.9. The minimum Gasteiger partial charge on any atom is -0.484 e. The number of carbonyl (C=O) groups excluding carboxylic acids is 1. The van der Waals surface area contributed by atoms with E-state index in [1.165, 1.54) is 11.1 Å². The molecule has 0 saturated carbocycles. The maximum absolute atomic E-state index is 11.9. The smallest absolute Gasteiger partial charge is 0.277 e. The predicted molar refractivity (Wildman–Crippen MR) is 97.7 cm³/mol. The Labute approximate surface area is 147 Å². The molecule has 2 aromatic carbocycles. The molecule has 0 unspecified atom stereocenters. The summed E-state index contributed by atoms with van der Waals surface area (Å²) in [6.45, 7) is 7.86. The first-order chi connectivity index (χ1) is 11.9. The molecule has 1 amide bonds. The van der Waals surface area contributed by atoms with Crippen molar-refractivity contribution in [1.29, 1.82) is 5.26 Å². The van der Waals surface area contributed by atoms with Gasteiger partial charge in [0.05, 0.1) is 17.3 Å². The Balaban J connectivity index is 1.95. The van der Waals surface area contributed by atoms with E-state index in [1.807, 2.05) is 19.9 Å². The van der Waals surface area contributed by atoms with E-state index >= 15 is 0 Å². The van der Waals surface area contributed by atoms with Gasteiger partial charge in [-0.2, -0.15) is 10.4 Å². The average Bonchev–Trinajstić information content (AvgIpc) is 2.61. The Kier molecular flexibility index (Phi) is 5.91. The van der Waals surface area contributed by atoms with E-state index in [1.54, 1.807) is 24.3 Å². The van der Waals surface area contributed by atoms with Crippen molar-refractivity contribution in [2.45, 2.75) is 27.7 Å². The molecule has 5 heteroatoms. The van der Waals surface area contributed by atoms with Gasteiger partial charge in [0.15, 0.2) is 6.61 Å². The van der Waals surface area contributed by atoms with Crippen molar-refractivity contribution < 1.29 is 9.53 Å². The first kappa shape index (κ1) is 18.2. The summed E-state index contributed by atoms with van der Waals surface area (Å²) in [5.41, 5.74) is 8.34. The lowest BCUT2D eigenvalue weighted by Gasteiger charge is -2.10. The summed E-state index contributed by atoms with van der Waals surface area (Å²) in [5, 5.41) is 12.9. The van der Waals surface area contributed by atoms with Crippen molar-refractivity contribution in [2.75, 3.05) is 6.61 Å². The Hall–Kier alpha value is -3.13. The van der Waals surface area contributed by atoms with Gasteiger partial charge in [-0.3, -0.25) is 4.79 Å². The monoisotopic (exact) mass is 335 g/mol. The molecule has 0 aliphatic rings. The molecule has 0 heterocycles. The van der Waals surface area contributed by atoms with Gasteiger partial charge < -0.3 is 4.74 Å². The standard InChI is InChI=1S/C20H21N3O2/c1-13-9-15(3)19(10-14(13)2)16(4)22-23-20(24)12-25-18-7-5-17(11-21)6-8-18/h5-10H,12H2,1-4H3,(H,23,24)/b22-16-. The van der Waals surface area contributed by atoms with Gasteiger partial charge in [-0.25, -0.2) is 5.43 Å². The first-order valence-corrected chi connectivity index (χ1v) is 7.95. The molecule has 2 aromatic rings. The summed E-state index contributed by atoms with van der Waals surface area (Å²) < 4.78 is 5.37. The summed E-state index contributed by atoms with van der Waals surface area (Å²) in [5.74, 6) is 0.185. The van der Waals surface area contributed by atoms with Gasteiger partial charge >= 0.3 is 0 Å². The molecule has 0 spiro atoms. The van der Waals surface area contributed by atoms with Gasteiger partial charge in [0.25, 0.3) is 5.91 Å². The molecule has 0 fully saturated rings. The molecular weight excluding hydrogens is 314 g/mol. The number of rotatable bonds is 5. The molecule has 0 radical (unpaired) electrons. The van der Waals surface area contributed by atoms with Crippen LogP contribution in [-0.2, 0) is 4.79 Å². The molecule has 1 N–H and O–H groups in total. The topological polar surface area (TPSA) is 74.5 Å². The third-order valence-corrected chi connectivity index (χ3v) is 3.93. The second kappa shape index (κ2) is 8.11. The Morgan fingerprint density at radius 3 is 2.40 bits per heavy atom. The van der Waals surface area contributed by atoms with Gasteiger partial charge in [0, 0.05) is 5.56 Å². The van der Waals surface area contributed by atoms with Crippen molar-refractivity contribution >= 4 is 11.6 Å². The van der Waals surface area contributed by atoms with Gasteiger partial charge in [-0.1, -0.05) is 6.07 Å². The Bertz CT molecular complexity index is 846. The van der Waals surface area contributed by atoms with Gasteiger partial charge in [-0.05, 0) is 74.7 Å². The molecule has 128 valence electrons. The number of amides is 1. The highest BCUT2D eigenvalue weighted by atomic mass is 16.5. The number of aryl methyl sites for hydroxylation is 3. The highest BCUT2D eigenvalue weighted by Crippen LogP contribution is 2.16. The molecule has 0 aromatic heterocycles. The molecular formula is C20H21N3O2. The molecule has 0 atom stereocenters. The molecule has 2 rings (SSSR count). The third-order valence-electron chi connectivity index (χ3n) is 3.93. The second-order valence-corrected chi connectivity index (χ2v) is 5.91. The van der Waals surface area contributed by atoms with Crippen molar-refractivity contribution in [2.24, 2.45) is 5.10 Å². The van der Waals surface area contributed by atoms with Crippen molar-refractivity contribution in [3.63, 3.8) is 0 Å². The van der Waals surface area contributed by atoms with E-state index in [4.69, 9.17) is 10.00 Å². The van der Waals surface area contributed by atoms with E-state index < -0.39 is 0 Å². The van der Waals surface area contributed by atoms with E-state index in [0.29, 0.717) is 11.3 Å². The van der Waals surface area contributed by atoms with Crippen LogP contribution in [0.4, 0.5) is 0 Å². The zero-order valence-electron chi connectivity index (χ0n) is 14.9.